The van der Waals surface area contributed by atoms with Gasteiger partial charge in [0.2, 0.25) is 0 Å². The van der Waals surface area contributed by atoms with E-state index in [9.17, 15) is 0 Å². The Morgan fingerprint density at radius 3 is 1.50 bits per heavy atom. The van der Waals surface area contributed by atoms with Gasteiger partial charge in [0.1, 0.15) is 0 Å². The van der Waals surface area contributed by atoms with Crippen molar-refractivity contribution >= 4 is 0 Å². The number of hydrogen-bond acceptors (Lipinski definition) is 0. The summed E-state index contributed by atoms with van der Waals surface area (Å²) in [5.74, 6) is 0. The first kappa shape index (κ1) is 16.2. The molecule has 0 saturated heterocycles. The fourth-order valence-electron chi connectivity index (χ4n) is 0. The maximum atomic E-state index is 5.50. The molecule has 0 aromatic rings. The van der Waals surface area contributed by atoms with Crippen molar-refractivity contribution < 1.29 is 72.1 Å². The van der Waals surface area contributed by atoms with Crippen LogP contribution < -0.4 is 0 Å². The van der Waals surface area contributed by atoms with Crippen molar-refractivity contribution in [3.8, 4) is 0 Å². The molecule has 0 bridgehead atoms. The second-order valence-electron chi connectivity index (χ2n) is 0. The molecule has 0 aromatic carbocycles. The molecule has 1 radical (unpaired) electrons. The summed E-state index contributed by atoms with van der Waals surface area (Å²) in [5.41, 5.74) is 0. The van der Waals surface area contributed by atoms with E-state index in [1.807, 2.05) is 0 Å². The van der Waals surface area contributed by atoms with E-state index in [-0.39, 0.29) is 70.7 Å². The first-order chi connectivity index (χ1) is 1.00. The van der Waals surface area contributed by atoms with Crippen LogP contribution in [0, 0.1) is 38.5 Å². The molecule has 0 amide bonds. The summed E-state index contributed by atoms with van der Waals surface area (Å²) in [6.45, 7) is 0. The van der Waals surface area contributed by atoms with Gasteiger partial charge in [0, 0.05) is 70.7 Å². The smallest absolute Gasteiger partial charge is 0 e. The summed E-state index contributed by atoms with van der Waals surface area (Å²) >= 11 is 0. The van der Waals surface area contributed by atoms with Crippen LogP contribution >= 0.6 is 0 Å². The summed E-state index contributed by atoms with van der Waals surface area (Å²) in [4.78, 5) is 0. The predicted octanol–water partition coefficient (Wildman–Crippen LogP) is 0.445. The number of rotatable bonds is 0. The van der Waals surface area contributed by atoms with Crippen molar-refractivity contribution in [1.29, 1.82) is 0 Å². The van der Waals surface area contributed by atoms with Gasteiger partial charge in [0.15, 0.2) is 0 Å². The Bertz CT molecular complexity index is 11.6. The SMILES string of the molecule is [3H][CH2-].[U].[V].[W]. The maximum Gasteiger partial charge on any atom is 0 e. The normalized spacial score (nSPS) is 1.75. The minimum atomic E-state index is 0. The van der Waals surface area contributed by atoms with E-state index < -0.39 is 0 Å². The molecule has 23 valence electrons. The summed E-state index contributed by atoms with van der Waals surface area (Å²) in [7, 11) is 2.50. The molecule has 0 aromatic heterocycles. The minimum absolute atomic E-state index is 0. The van der Waals surface area contributed by atoms with E-state index in [1.165, 1.54) is 0 Å². The zero-order chi connectivity index (χ0) is 2.00. The zero-order valence-corrected chi connectivity index (χ0v) is 10.6. The van der Waals surface area contributed by atoms with E-state index >= 15 is 0 Å². The van der Waals surface area contributed by atoms with Crippen molar-refractivity contribution in [2.45, 2.75) is 0 Å². The van der Waals surface area contributed by atoms with Gasteiger partial charge in [-0.2, -0.15) is 0 Å². The largest absolute Gasteiger partial charge is 0.358 e. The molecule has 0 heterocycles. The second-order valence-corrected chi connectivity index (χ2v) is 0. The third-order valence-electron chi connectivity index (χ3n) is 0. The monoisotopic (exact) mass is 490 g/mol. The molecule has 0 saturated carbocycles. The molecular formula is CH3UVW-. The Balaban J connectivity index is -0.00000000167. The van der Waals surface area contributed by atoms with Crippen molar-refractivity contribution in [3.05, 3.63) is 7.40 Å². The van der Waals surface area contributed by atoms with Crippen molar-refractivity contribution in [1.82, 2.24) is 0 Å². The van der Waals surface area contributed by atoms with Gasteiger partial charge in [0.05, 0.1) is 0 Å². The molecule has 0 unspecified atom stereocenters. The molecule has 0 spiro atoms. The second kappa shape index (κ2) is 18.4. The van der Waals surface area contributed by atoms with Crippen LogP contribution in [-0.2, 0) is 39.6 Å². The fourth-order valence-corrected chi connectivity index (χ4v) is 0. The van der Waals surface area contributed by atoms with Gasteiger partial charge in [-0.3, -0.25) is 0 Å². The van der Waals surface area contributed by atoms with Crippen LogP contribution in [0.1, 0.15) is 1.37 Å². The minimum Gasteiger partial charge on any atom is -0.358 e. The van der Waals surface area contributed by atoms with Crippen LogP contribution in [0.2, 0.25) is 0 Å². The van der Waals surface area contributed by atoms with Crippen molar-refractivity contribution in [2.75, 3.05) is 0 Å². The van der Waals surface area contributed by atoms with Crippen molar-refractivity contribution in [3.63, 3.8) is 0 Å². The Kier molecular flexibility index (Phi) is 74.7. The molecule has 3 heteroatoms. The van der Waals surface area contributed by atoms with Gasteiger partial charge >= 0.3 is 0 Å². The molecule has 4 heavy (non-hydrogen) atoms. The third kappa shape index (κ3) is 8.85. The molecule has 0 aliphatic rings. The van der Waals surface area contributed by atoms with Crippen molar-refractivity contribution in [2.24, 2.45) is 0 Å². The Morgan fingerprint density at radius 2 is 1.50 bits per heavy atom. The third-order valence-corrected chi connectivity index (χ3v) is 0. The van der Waals surface area contributed by atoms with Gasteiger partial charge in [-0.15, -0.1) is 0 Å². The molecule has 0 aliphatic carbocycles. The van der Waals surface area contributed by atoms with Gasteiger partial charge in [-0.05, 0) is 0 Å². The van der Waals surface area contributed by atoms with Crippen LogP contribution in [0.25, 0.3) is 0 Å². The van der Waals surface area contributed by atoms with Crippen LogP contribution in [0.15, 0.2) is 0 Å². The molecular weight excluding hydrogens is 485 g/mol. The van der Waals surface area contributed by atoms with Crippen LogP contribution in [0.5, 0.6) is 0 Å². The molecule has 0 atom stereocenters. The zero-order valence-electron chi connectivity index (χ0n) is 3.06. The van der Waals surface area contributed by atoms with Gasteiger partial charge in [-0.1, -0.05) is 0 Å². The van der Waals surface area contributed by atoms with Gasteiger partial charge in [0.25, 0.3) is 0 Å². The van der Waals surface area contributed by atoms with E-state index in [2.05, 4.69) is 7.40 Å². The Morgan fingerprint density at radius 1 is 1.50 bits per heavy atom. The molecule has 0 fully saturated rings. The summed E-state index contributed by atoms with van der Waals surface area (Å²) in [6.07, 6.45) is 0. The Labute approximate surface area is 78.4 Å². The standard InChI is InChI=1S/CH3.U.V.W/h1H3;;;/q-1;;;/i1T;;;. The summed E-state index contributed by atoms with van der Waals surface area (Å²) in [6, 6.07) is 0. The van der Waals surface area contributed by atoms with E-state index in [4.69, 9.17) is 1.37 Å². The fraction of sp³-hybridized carbons (Fsp3) is 0. The van der Waals surface area contributed by atoms with Crippen LogP contribution in [0.3, 0.4) is 0 Å². The topological polar surface area (TPSA) is 0 Å². The average molecular weight is 490 g/mol. The van der Waals surface area contributed by atoms with E-state index in [0.717, 1.165) is 0 Å². The van der Waals surface area contributed by atoms with Crippen LogP contribution in [-0.4, -0.2) is 0 Å². The first-order valence-corrected chi connectivity index (χ1v) is 0. The average Bonchev–Trinajstić information content (AvgIpc) is 1.00. The molecule has 0 N–H and O–H groups in total. The van der Waals surface area contributed by atoms with E-state index in [1.54, 1.807) is 0 Å². The summed E-state index contributed by atoms with van der Waals surface area (Å²) in [5, 5.41) is 0. The van der Waals surface area contributed by atoms with Crippen LogP contribution in [0.4, 0.5) is 0 Å². The van der Waals surface area contributed by atoms with Gasteiger partial charge in [-0.25, -0.2) is 1.37 Å². The predicted molar refractivity (Wildman–Crippen MR) is 6.41 cm³/mol. The first-order valence-electron chi connectivity index (χ1n) is 0.707. The molecule has 0 aliphatic heterocycles. The molecule has 0 rings (SSSR count). The molecule has 0 nitrogen and oxygen atoms in total. The quantitative estimate of drug-likeness (QED) is 0.434. The maximum absolute atomic E-state index is 5.50. The number of hydrogen-bond donors (Lipinski definition) is 0. The summed E-state index contributed by atoms with van der Waals surface area (Å²) < 4.78 is 5.50. The Hall–Kier alpha value is 2.32. The van der Waals surface area contributed by atoms with E-state index in [0.29, 0.717) is 0 Å². The van der Waals surface area contributed by atoms with Gasteiger partial charge < -0.3 is 7.40 Å².